The first-order valence-corrected chi connectivity index (χ1v) is 8.06. The van der Waals surface area contributed by atoms with Gasteiger partial charge < -0.3 is 0 Å². The highest BCUT2D eigenvalue weighted by molar-refractivity contribution is 5.98. The van der Waals surface area contributed by atoms with E-state index in [0.29, 0.717) is 24.7 Å². The van der Waals surface area contributed by atoms with Gasteiger partial charge in [-0.3, -0.25) is 14.9 Å². The molecule has 1 saturated carbocycles. The van der Waals surface area contributed by atoms with Crippen LogP contribution in [0.2, 0.25) is 0 Å². The summed E-state index contributed by atoms with van der Waals surface area (Å²) in [7, 11) is 0. The average molecular weight is 299 g/mol. The van der Waals surface area contributed by atoms with E-state index in [4.69, 9.17) is 0 Å². The molecule has 4 rings (SSSR count). The molecule has 116 valence electrons. The fraction of sp³-hybridized carbons (Fsp3) is 0.529. The van der Waals surface area contributed by atoms with Crippen LogP contribution in [0.1, 0.15) is 19.8 Å². The monoisotopic (exact) mass is 299 g/mol. The van der Waals surface area contributed by atoms with Crippen LogP contribution < -0.4 is 15.8 Å². The van der Waals surface area contributed by atoms with E-state index in [1.54, 1.807) is 5.01 Å². The Bertz CT molecular complexity index is 603. The Hall–Kier alpha value is -1.72. The number of Topliss-reactive ketones (excluding diaryl/α,β-unsaturated/α-hetero) is 1. The summed E-state index contributed by atoms with van der Waals surface area (Å²) >= 11 is 0. The molecule has 3 aliphatic rings. The van der Waals surface area contributed by atoms with Crippen LogP contribution in [0.15, 0.2) is 30.3 Å². The number of nitrogens with one attached hydrogen (secondary N) is 2. The third-order valence-electron chi connectivity index (χ3n) is 5.32. The van der Waals surface area contributed by atoms with Crippen LogP contribution in [0.4, 0.5) is 5.69 Å². The number of rotatable bonds is 1. The summed E-state index contributed by atoms with van der Waals surface area (Å²) in [6.07, 6.45) is 1.56. The van der Waals surface area contributed by atoms with Crippen molar-refractivity contribution in [2.45, 2.75) is 25.9 Å². The fourth-order valence-electron chi connectivity index (χ4n) is 4.32. The van der Waals surface area contributed by atoms with Crippen molar-refractivity contribution in [3.63, 3.8) is 0 Å². The standard InChI is InChI=1S/C17H21N3O2/c1-10-7-12-13(14(21)8-10)9-18-16-15(12)17(22)20(19-16)11-5-3-2-4-6-11/h2-6,10,12-13,15-16,18-19H,7-9H2,1H3. The van der Waals surface area contributed by atoms with E-state index in [2.05, 4.69) is 17.7 Å². The number of fused-ring (bicyclic) bond motifs is 3. The Kier molecular flexibility index (Phi) is 3.27. The van der Waals surface area contributed by atoms with E-state index < -0.39 is 0 Å². The van der Waals surface area contributed by atoms with Crippen molar-refractivity contribution in [2.75, 3.05) is 11.6 Å². The molecule has 2 aliphatic heterocycles. The molecule has 0 bridgehead atoms. The minimum Gasteiger partial charge on any atom is -0.299 e. The first-order chi connectivity index (χ1) is 10.6. The van der Waals surface area contributed by atoms with Gasteiger partial charge in [0.25, 0.3) is 0 Å². The quantitative estimate of drug-likeness (QED) is 0.821. The zero-order valence-electron chi connectivity index (χ0n) is 12.7. The maximum atomic E-state index is 12.9. The molecular weight excluding hydrogens is 278 g/mol. The summed E-state index contributed by atoms with van der Waals surface area (Å²) < 4.78 is 0. The van der Waals surface area contributed by atoms with E-state index in [9.17, 15) is 9.59 Å². The van der Waals surface area contributed by atoms with Crippen molar-refractivity contribution >= 4 is 17.4 Å². The lowest BCUT2D eigenvalue weighted by Gasteiger charge is -2.42. The third-order valence-corrected chi connectivity index (χ3v) is 5.32. The van der Waals surface area contributed by atoms with Crippen LogP contribution in [0, 0.1) is 23.7 Å². The zero-order valence-corrected chi connectivity index (χ0v) is 12.7. The highest BCUT2D eigenvalue weighted by Gasteiger charge is 2.53. The molecular formula is C17H21N3O2. The summed E-state index contributed by atoms with van der Waals surface area (Å²) in [5.41, 5.74) is 4.14. The highest BCUT2D eigenvalue weighted by atomic mass is 16.2. The number of benzene rings is 1. The van der Waals surface area contributed by atoms with E-state index in [1.165, 1.54) is 0 Å². The smallest absolute Gasteiger partial charge is 0.247 e. The molecule has 2 heterocycles. The van der Waals surface area contributed by atoms with Gasteiger partial charge in [0, 0.05) is 18.9 Å². The SMILES string of the molecule is CC1CC(=O)C2CNC3NN(c4ccccc4)C(=O)C3C2C1. The molecule has 1 aromatic carbocycles. The predicted octanol–water partition coefficient (Wildman–Crippen LogP) is 1.31. The number of amides is 1. The lowest BCUT2D eigenvalue weighted by Crippen LogP contribution is -2.57. The number of para-hydroxylation sites is 1. The summed E-state index contributed by atoms with van der Waals surface area (Å²) in [5, 5.41) is 5.01. The molecule has 5 nitrogen and oxygen atoms in total. The number of hydrazine groups is 1. The summed E-state index contributed by atoms with van der Waals surface area (Å²) in [6, 6.07) is 9.64. The minimum absolute atomic E-state index is 0.000997. The van der Waals surface area contributed by atoms with Gasteiger partial charge >= 0.3 is 0 Å². The van der Waals surface area contributed by atoms with E-state index in [0.717, 1.165) is 12.1 Å². The number of hydrogen-bond acceptors (Lipinski definition) is 4. The molecule has 0 aromatic heterocycles. The zero-order chi connectivity index (χ0) is 15.3. The number of carbonyl (C=O) groups is 2. The van der Waals surface area contributed by atoms with E-state index in [-0.39, 0.29) is 29.8 Å². The Morgan fingerprint density at radius 1 is 1.18 bits per heavy atom. The maximum Gasteiger partial charge on any atom is 0.247 e. The minimum atomic E-state index is -0.148. The van der Waals surface area contributed by atoms with Gasteiger partial charge in [-0.15, -0.1) is 0 Å². The van der Waals surface area contributed by atoms with Crippen molar-refractivity contribution in [3.8, 4) is 0 Å². The molecule has 0 spiro atoms. The number of hydrogen-bond donors (Lipinski definition) is 2. The molecule has 22 heavy (non-hydrogen) atoms. The number of ketones is 1. The van der Waals surface area contributed by atoms with Crippen molar-refractivity contribution < 1.29 is 9.59 Å². The van der Waals surface area contributed by atoms with Crippen LogP contribution >= 0.6 is 0 Å². The first-order valence-electron chi connectivity index (χ1n) is 8.06. The van der Waals surface area contributed by atoms with Gasteiger partial charge in [-0.1, -0.05) is 25.1 Å². The average Bonchev–Trinajstić information content (AvgIpc) is 2.85. The molecule has 2 saturated heterocycles. The Labute approximate surface area is 130 Å². The molecule has 5 heteroatoms. The van der Waals surface area contributed by atoms with Gasteiger partial charge in [-0.05, 0) is 30.4 Å². The predicted molar refractivity (Wildman–Crippen MR) is 82.7 cm³/mol. The second kappa shape index (κ2) is 5.18. The molecule has 1 aromatic rings. The summed E-state index contributed by atoms with van der Waals surface area (Å²) in [5.74, 6) is 0.799. The van der Waals surface area contributed by atoms with Gasteiger partial charge in [0.15, 0.2) is 0 Å². The molecule has 1 amide bonds. The van der Waals surface area contributed by atoms with Crippen LogP contribution in [-0.4, -0.2) is 24.4 Å². The van der Waals surface area contributed by atoms with Crippen LogP contribution in [0.3, 0.4) is 0 Å². The topological polar surface area (TPSA) is 61.4 Å². The van der Waals surface area contributed by atoms with Gasteiger partial charge in [0.2, 0.25) is 5.91 Å². The summed E-state index contributed by atoms with van der Waals surface area (Å²) in [6.45, 7) is 2.80. The van der Waals surface area contributed by atoms with E-state index in [1.807, 2.05) is 30.3 Å². The van der Waals surface area contributed by atoms with Gasteiger partial charge in [0.1, 0.15) is 5.78 Å². The van der Waals surface area contributed by atoms with Crippen molar-refractivity contribution in [1.29, 1.82) is 0 Å². The normalized spacial score (nSPS) is 37.9. The molecule has 5 unspecified atom stereocenters. The van der Waals surface area contributed by atoms with Crippen molar-refractivity contribution in [1.82, 2.24) is 10.7 Å². The lowest BCUT2D eigenvalue weighted by molar-refractivity contribution is -0.134. The third kappa shape index (κ3) is 2.08. The largest absolute Gasteiger partial charge is 0.299 e. The van der Waals surface area contributed by atoms with Crippen LogP contribution in [0.5, 0.6) is 0 Å². The number of anilines is 1. The maximum absolute atomic E-state index is 12.9. The van der Waals surface area contributed by atoms with Crippen LogP contribution in [-0.2, 0) is 9.59 Å². The Balaban J connectivity index is 1.63. The fourth-order valence-corrected chi connectivity index (χ4v) is 4.32. The first kappa shape index (κ1) is 13.9. The van der Waals surface area contributed by atoms with Crippen molar-refractivity contribution in [2.24, 2.45) is 23.7 Å². The van der Waals surface area contributed by atoms with Crippen molar-refractivity contribution in [3.05, 3.63) is 30.3 Å². The second-order valence-corrected chi connectivity index (χ2v) is 6.83. The van der Waals surface area contributed by atoms with E-state index >= 15 is 0 Å². The molecule has 1 aliphatic carbocycles. The molecule has 5 atom stereocenters. The summed E-state index contributed by atoms with van der Waals surface area (Å²) in [4.78, 5) is 25.2. The number of carbonyl (C=O) groups excluding carboxylic acids is 2. The number of piperidine rings is 1. The molecule has 2 N–H and O–H groups in total. The molecule has 3 fully saturated rings. The Morgan fingerprint density at radius 3 is 2.73 bits per heavy atom. The van der Waals surface area contributed by atoms with Gasteiger partial charge in [0.05, 0.1) is 17.8 Å². The van der Waals surface area contributed by atoms with Gasteiger partial charge in [-0.2, -0.15) is 0 Å². The highest BCUT2D eigenvalue weighted by Crippen LogP contribution is 2.42. The second-order valence-electron chi connectivity index (χ2n) is 6.83. The van der Waals surface area contributed by atoms with Crippen LogP contribution in [0.25, 0.3) is 0 Å². The number of nitrogens with zero attached hydrogens (tertiary/aromatic N) is 1. The lowest BCUT2D eigenvalue weighted by atomic mass is 9.66. The molecule has 0 radical (unpaired) electrons. The van der Waals surface area contributed by atoms with Gasteiger partial charge in [-0.25, -0.2) is 10.4 Å². The Morgan fingerprint density at radius 2 is 1.95 bits per heavy atom.